The Hall–Kier alpha value is -0.990. The van der Waals surface area contributed by atoms with Crippen molar-refractivity contribution in [3.8, 4) is 0 Å². The van der Waals surface area contributed by atoms with Crippen LogP contribution in [0.1, 0.15) is 15.8 Å². The topological polar surface area (TPSA) is 20.3 Å². The Labute approximate surface area is 141 Å². The fourth-order valence-electron chi connectivity index (χ4n) is 2.22. The van der Waals surface area contributed by atoms with Crippen LogP contribution in [0.3, 0.4) is 0 Å². The minimum atomic E-state index is -1.50. The SMILES string of the molecule is O=C1CSC(c2ccc(Br)s2)N1Cc1cc(F)c(F)c(F)c1. The number of hydrogen-bond acceptors (Lipinski definition) is 3. The Morgan fingerprint density at radius 1 is 1.23 bits per heavy atom. The highest BCUT2D eigenvalue weighted by Gasteiger charge is 2.34. The monoisotopic (exact) mass is 407 g/mol. The summed E-state index contributed by atoms with van der Waals surface area (Å²) in [7, 11) is 0. The molecule has 1 aromatic heterocycles. The maximum Gasteiger partial charge on any atom is 0.234 e. The highest BCUT2D eigenvalue weighted by molar-refractivity contribution is 9.11. The second-order valence-electron chi connectivity index (χ2n) is 4.70. The van der Waals surface area contributed by atoms with E-state index in [0.717, 1.165) is 20.8 Å². The number of amides is 1. The van der Waals surface area contributed by atoms with Gasteiger partial charge in [-0.2, -0.15) is 0 Å². The number of rotatable bonds is 3. The molecule has 2 aromatic rings. The molecule has 0 N–H and O–H groups in total. The minimum Gasteiger partial charge on any atom is -0.321 e. The fourth-order valence-corrected chi connectivity index (χ4v) is 5.07. The van der Waals surface area contributed by atoms with Crippen LogP contribution in [0.4, 0.5) is 13.2 Å². The van der Waals surface area contributed by atoms with Crippen molar-refractivity contribution < 1.29 is 18.0 Å². The first kappa shape index (κ1) is 15.9. The Morgan fingerprint density at radius 2 is 1.91 bits per heavy atom. The molecule has 1 aliphatic rings. The Bertz CT molecular complexity index is 714. The van der Waals surface area contributed by atoms with E-state index in [1.165, 1.54) is 23.1 Å². The molecule has 2 heterocycles. The van der Waals surface area contributed by atoms with Gasteiger partial charge in [0.05, 0.1) is 9.54 Å². The van der Waals surface area contributed by atoms with Gasteiger partial charge in [-0.05, 0) is 45.8 Å². The maximum absolute atomic E-state index is 13.3. The van der Waals surface area contributed by atoms with Crippen LogP contribution in [0.15, 0.2) is 28.1 Å². The van der Waals surface area contributed by atoms with Gasteiger partial charge in [0.1, 0.15) is 5.37 Å². The zero-order valence-corrected chi connectivity index (χ0v) is 14.2. The van der Waals surface area contributed by atoms with Gasteiger partial charge < -0.3 is 4.90 Å². The summed E-state index contributed by atoms with van der Waals surface area (Å²) in [5.74, 6) is -3.78. The molecule has 0 aliphatic carbocycles. The molecule has 1 aromatic carbocycles. The van der Waals surface area contributed by atoms with Gasteiger partial charge in [-0.3, -0.25) is 4.79 Å². The number of nitrogens with zero attached hydrogens (tertiary/aromatic N) is 1. The standard InChI is InChI=1S/C14H9BrF3NOS2/c15-11-2-1-10(22-11)14-19(12(20)6-21-14)5-7-3-8(16)13(18)9(17)4-7/h1-4,14H,5-6H2. The molecule has 0 radical (unpaired) electrons. The summed E-state index contributed by atoms with van der Waals surface area (Å²) in [6.45, 7) is 0.0418. The third-order valence-electron chi connectivity index (χ3n) is 3.20. The molecule has 8 heteroatoms. The highest BCUT2D eigenvalue weighted by Crippen LogP contribution is 2.43. The van der Waals surface area contributed by atoms with E-state index in [1.54, 1.807) is 4.90 Å². The molecule has 1 aliphatic heterocycles. The molecule has 1 unspecified atom stereocenters. The second kappa shape index (κ2) is 6.25. The molecule has 2 nitrogen and oxygen atoms in total. The van der Waals surface area contributed by atoms with Gasteiger partial charge in [-0.1, -0.05) is 0 Å². The number of benzene rings is 1. The van der Waals surface area contributed by atoms with Crippen LogP contribution < -0.4 is 0 Å². The molecule has 1 saturated heterocycles. The Balaban J connectivity index is 1.87. The lowest BCUT2D eigenvalue weighted by atomic mass is 10.2. The molecule has 1 atom stereocenters. The van der Waals surface area contributed by atoms with Crippen molar-refractivity contribution in [2.24, 2.45) is 0 Å². The summed E-state index contributed by atoms with van der Waals surface area (Å²) >= 11 is 6.34. The van der Waals surface area contributed by atoms with Crippen LogP contribution in [0.5, 0.6) is 0 Å². The first-order valence-electron chi connectivity index (χ1n) is 6.25. The van der Waals surface area contributed by atoms with Crippen LogP contribution >= 0.6 is 39.0 Å². The van der Waals surface area contributed by atoms with Crippen molar-refractivity contribution in [1.82, 2.24) is 4.90 Å². The molecule has 1 amide bonds. The van der Waals surface area contributed by atoms with Gasteiger partial charge in [0.15, 0.2) is 17.5 Å². The summed E-state index contributed by atoms with van der Waals surface area (Å²) < 4.78 is 40.6. The number of hydrogen-bond donors (Lipinski definition) is 0. The van der Waals surface area contributed by atoms with E-state index < -0.39 is 17.5 Å². The second-order valence-corrected chi connectivity index (χ2v) is 8.26. The van der Waals surface area contributed by atoms with E-state index in [1.807, 2.05) is 12.1 Å². The summed E-state index contributed by atoms with van der Waals surface area (Å²) in [5, 5.41) is -0.194. The predicted molar refractivity (Wildman–Crippen MR) is 84.1 cm³/mol. The lowest BCUT2D eigenvalue weighted by Gasteiger charge is -2.23. The molecule has 0 saturated carbocycles. The quantitative estimate of drug-likeness (QED) is 0.687. The molecule has 3 rings (SSSR count). The van der Waals surface area contributed by atoms with E-state index in [4.69, 9.17) is 0 Å². The van der Waals surface area contributed by atoms with Gasteiger partial charge in [0, 0.05) is 11.4 Å². The summed E-state index contributed by atoms with van der Waals surface area (Å²) in [4.78, 5) is 14.6. The van der Waals surface area contributed by atoms with Crippen molar-refractivity contribution >= 4 is 44.9 Å². The number of thiophene rings is 1. The number of thioether (sulfide) groups is 1. The first-order valence-corrected chi connectivity index (χ1v) is 8.91. The van der Waals surface area contributed by atoms with Crippen molar-refractivity contribution in [2.75, 3.05) is 5.75 Å². The van der Waals surface area contributed by atoms with Gasteiger partial charge in [-0.25, -0.2) is 13.2 Å². The van der Waals surface area contributed by atoms with Crippen LogP contribution in [0.2, 0.25) is 0 Å². The highest BCUT2D eigenvalue weighted by atomic mass is 79.9. The van der Waals surface area contributed by atoms with E-state index in [2.05, 4.69) is 15.9 Å². The van der Waals surface area contributed by atoms with Gasteiger partial charge in [0.2, 0.25) is 5.91 Å². The molecular weight excluding hydrogens is 399 g/mol. The van der Waals surface area contributed by atoms with Crippen LogP contribution in [-0.4, -0.2) is 16.6 Å². The molecule has 0 bridgehead atoms. The van der Waals surface area contributed by atoms with Crippen LogP contribution in [-0.2, 0) is 11.3 Å². The number of carbonyl (C=O) groups excluding carboxylic acids is 1. The fraction of sp³-hybridized carbons (Fsp3) is 0.214. The lowest BCUT2D eigenvalue weighted by Crippen LogP contribution is -2.27. The average molecular weight is 408 g/mol. The zero-order chi connectivity index (χ0) is 15.9. The van der Waals surface area contributed by atoms with E-state index in [9.17, 15) is 18.0 Å². The molecule has 116 valence electrons. The largest absolute Gasteiger partial charge is 0.321 e. The smallest absolute Gasteiger partial charge is 0.234 e. The third kappa shape index (κ3) is 3.04. The van der Waals surface area contributed by atoms with Crippen molar-refractivity contribution in [2.45, 2.75) is 11.9 Å². The zero-order valence-electron chi connectivity index (χ0n) is 11.0. The first-order chi connectivity index (χ1) is 10.5. The van der Waals surface area contributed by atoms with Gasteiger partial charge in [0.25, 0.3) is 0 Å². The predicted octanol–water partition coefficient (Wildman–Crippen LogP) is 4.70. The molecule has 1 fully saturated rings. The summed E-state index contributed by atoms with van der Waals surface area (Å²) in [5.41, 5.74) is 0.230. The van der Waals surface area contributed by atoms with Crippen molar-refractivity contribution in [1.29, 1.82) is 0 Å². The van der Waals surface area contributed by atoms with Crippen LogP contribution in [0.25, 0.3) is 0 Å². The summed E-state index contributed by atoms with van der Waals surface area (Å²) in [6, 6.07) is 5.65. The van der Waals surface area contributed by atoms with E-state index in [0.29, 0.717) is 5.75 Å². The molecule has 0 spiro atoms. The van der Waals surface area contributed by atoms with Crippen molar-refractivity contribution in [3.63, 3.8) is 0 Å². The lowest BCUT2D eigenvalue weighted by molar-refractivity contribution is -0.128. The van der Waals surface area contributed by atoms with Crippen molar-refractivity contribution in [3.05, 3.63) is 55.9 Å². The number of carbonyl (C=O) groups is 1. The minimum absolute atomic E-state index is 0.0418. The van der Waals surface area contributed by atoms with Gasteiger partial charge in [-0.15, -0.1) is 23.1 Å². The molecule has 22 heavy (non-hydrogen) atoms. The van der Waals surface area contributed by atoms with E-state index in [-0.39, 0.29) is 23.4 Å². The Kier molecular flexibility index (Phi) is 4.52. The number of halogens is 4. The third-order valence-corrected chi connectivity index (χ3v) is 6.27. The Morgan fingerprint density at radius 3 is 2.50 bits per heavy atom. The van der Waals surface area contributed by atoms with E-state index >= 15 is 0 Å². The van der Waals surface area contributed by atoms with Crippen LogP contribution in [0, 0.1) is 17.5 Å². The summed E-state index contributed by atoms with van der Waals surface area (Å²) in [6.07, 6.45) is 0. The molecular formula is C14H9BrF3NOS2. The van der Waals surface area contributed by atoms with Gasteiger partial charge >= 0.3 is 0 Å². The average Bonchev–Trinajstić information content (AvgIpc) is 3.03. The normalized spacial score (nSPS) is 18.3. The maximum atomic E-state index is 13.3.